The highest BCUT2D eigenvalue weighted by Crippen LogP contribution is 2.13. The van der Waals surface area contributed by atoms with Gasteiger partial charge in [-0.25, -0.2) is 10.0 Å². The summed E-state index contributed by atoms with van der Waals surface area (Å²) in [5, 5.41) is 5.76. The number of hydrogen-bond donors (Lipinski definition) is 4. The predicted molar refractivity (Wildman–Crippen MR) is 228 cm³/mol. The van der Waals surface area contributed by atoms with Crippen LogP contribution in [0.15, 0.2) is 121 Å². The van der Waals surface area contributed by atoms with Crippen LogP contribution in [0.25, 0.3) is 0 Å². The fourth-order valence-electron chi connectivity index (χ4n) is 4.53. The molecule has 0 fully saturated rings. The molecular weight excluding hydrogens is 761 g/mol. The van der Waals surface area contributed by atoms with E-state index in [2.05, 4.69) is 21.7 Å². The van der Waals surface area contributed by atoms with Gasteiger partial charge in [-0.3, -0.25) is 50.9 Å². The Morgan fingerprint density at radius 2 is 0.704 bits per heavy atom. The summed E-state index contributed by atoms with van der Waals surface area (Å²) in [7, 11) is 3.25. The van der Waals surface area contributed by atoms with E-state index in [0.29, 0.717) is 31.3 Å². The number of amides is 4. The third kappa shape index (κ3) is 14.0. The summed E-state index contributed by atoms with van der Waals surface area (Å²) in [6, 6.07) is 36.9. The van der Waals surface area contributed by atoms with Crippen molar-refractivity contribution >= 4 is 104 Å². The van der Waals surface area contributed by atoms with Gasteiger partial charge in [0, 0.05) is 25.2 Å². The highest BCUT2D eigenvalue weighted by Gasteiger charge is 2.19. The number of carbonyl (C=O) groups excluding carboxylic acids is 4. The van der Waals surface area contributed by atoms with Crippen LogP contribution in [-0.2, 0) is 19.2 Å². The van der Waals surface area contributed by atoms with Crippen LogP contribution in [-0.4, -0.2) is 67.7 Å². The monoisotopic (exact) mass is 800 g/mol. The number of nitrogens with zero attached hydrogens (tertiary/aromatic N) is 4. The van der Waals surface area contributed by atoms with Gasteiger partial charge >= 0.3 is 0 Å². The van der Waals surface area contributed by atoms with E-state index in [1.165, 1.54) is 20.0 Å². The van der Waals surface area contributed by atoms with Gasteiger partial charge in [0.2, 0.25) is 23.6 Å². The van der Waals surface area contributed by atoms with Crippen molar-refractivity contribution in [3.63, 3.8) is 0 Å². The van der Waals surface area contributed by atoms with E-state index < -0.39 is 23.6 Å². The zero-order valence-electron chi connectivity index (χ0n) is 30.0. The molecule has 0 aliphatic carbocycles. The zero-order valence-corrected chi connectivity index (χ0v) is 33.3. The van der Waals surface area contributed by atoms with Gasteiger partial charge in [-0.05, 0) is 38.1 Å². The number of hydrazine groups is 4. The van der Waals surface area contributed by atoms with Crippen LogP contribution in [0.3, 0.4) is 0 Å². The van der Waals surface area contributed by atoms with E-state index in [4.69, 9.17) is 48.9 Å². The van der Waals surface area contributed by atoms with Crippen LogP contribution in [0.2, 0.25) is 0 Å². The Morgan fingerprint density at radius 1 is 0.444 bits per heavy atom. The van der Waals surface area contributed by atoms with Crippen molar-refractivity contribution < 1.29 is 19.2 Å². The minimum Gasteiger partial charge on any atom is -0.277 e. The minimum atomic E-state index is -0.490. The number of para-hydroxylation sites is 2. The first-order valence-corrected chi connectivity index (χ1v) is 18.0. The quantitative estimate of drug-likeness (QED) is 0.106. The maximum Gasteiger partial charge on any atom is 0.248 e. The van der Waals surface area contributed by atoms with E-state index in [-0.39, 0.29) is 12.8 Å². The van der Waals surface area contributed by atoms with E-state index in [0.717, 1.165) is 11.1 Å². The van der Waals surface area contributed by atoms with Crippen molar-refractivity contribution in [2.75, 3.05) is 24.1 Å². The summed E-state index contributed by atoms with van der Waals surface area (Å²) in [5.41, 5.74) is 13.5. The van der Waals surface area contributed by atoms with Crippen molar-refractivity contribution in [1.29, 1.82) is 0 Å². The Morgan fingerprint density at radius 3 is 0.981 bits per heavy atom. The number of anilines is 2. The first kappa shape index (κ1) is 42.7. The van der Waals surface area contributed by atoms with E-state index in [1.54, 1.807) is 27.9 Å². The van der Waals surface area contributed by atoms with Gasteiger partial charge in [-0.15, -0.1) is 0 Å². The van der Waals surface area contributed by atoms with Crippen LogP contribution in [0.1, 0.15) is 37.8 Å². The van der Waals surface area contributed by atoms with Crippen LogP contribution < -0.4 is 31.7 Å². The minimum absolute atomic E-state index is 0.358. The van der Waals surface area contributed by atoms with Gasteiger partial charge in [-0.2, -0.15) is 0 Å². The molecule has 4 amide bonds. The lowest BCUT2D eigenvalue weighted by atomic mass is 10.2. The summed E-state index contributed by atoms with van der Waals surface area (Å²) in [4.78, 5) is 50.6. The molecule has 0 radical (unpaired) electrons. The second-order valence-corrected chi connectivity index (χ2v) is 13.3. The van der Waals surface area contributed by atoms with Crippen molar-refractivity contribution in [3.8, 4) is 0 Å². The molecule has 0 heterocycles. The first-order valence-electron chi connectivity index (χ1n) is 16.3. The third-order valence-corrected chi connectivity index (χ3v) is 8.39. The number of hydrogen-bond acceptors (Lipinski definition) is 8. The Labute approximate surface area is 336 Å². The van der Waals surface area contributed by atoms with Crippen LogP contribution >= 0.6 is 48.9 Å². The average Bonchev–Trinajstić information content (AvgIpc) is 3.16. The van der Waals surface area contributed by atoms with Gasteiger partial charge in [0.25, 0.3) is 0 Å². The molecule has 0 atom stereocenters. The van der Waals surface area contributed by atoms with Crippen molar-refractivity contribution in [2.24, 2.45) is 0 Å². The number of thiocarbonyl (C=S) groups is 4. The highest BCUT2D eigenvalue weighted by atomic mass is 32.1. The smallest absolute Gasteiger partial charge is 0.248 e. The number of rotatable bonds is 8. The summed E-state index contributed by atoms with van der Waals surface area (Å²) in [6.45, 7) is 3.38. The van der Waals surface area contributed by atoms with Gasteiger partial charge < -0.3 is 0 Å². The second kappa shape index (κ2) is 21.8. The molecule has 0 saturated carbocycles. The number of benzene rings is 4. The standard InChI is InChI=1S/2C19H20N4O2S2/c1-22(18(26)14-9-5-3-6-10-14)20-16(24)13-17(25)21-23(2)19(27)15-11-7-4-8-12-15;1-14(26)22(16-9-5-3-6-10-16)20-18(24)13-19(25)21-23(15(2)27)17-11-7-4-8-12-17/h2*3-12H,13H2,1-2H3,(H,20,24)(H,21,25). The summed E-state index contributed by atoms with van der Waals surface area (Å²) in [5.74, 6) is -1.94. The SMILES string of the molecule is CC(=S)N(NC(=O)CC(=O)NN(C(C)=S)c1ccccc1)c1ccccc1.CN(NC(=O)CC(=O)NN(C)C(=S)c1ccccc1)C(=S)c1ccccc1. The van der Waals surface area contributed by atoms with E-state index in [9.17, 15) is 19.2 Å². The lowest BCUT2D eigenvalue weighted by Crippen LogP contribution is -2.49. The van der Waals surface area contributed by atoms with Gasteiger partial charge in [0.15, 0.2) is 0 Å². The fraction of sp³-hybridized carbons (Fsp3) is 0.158. The molecule has 54 heavy (non-hydrogen) atoms. The molecule has 0 bridgehead atoms. The molecule has 0 spiro atoms. The highest BCUT2D eigenvalue weighted by molar-refractivity contribution is 7.81. The molecule has 12 nitrogen and oxygen atoms in total. The Bertz CT molecular complexity index is 1800. The van der Waals surface area contributed by atoms with Crippen LogP contribution in [0.4, 0.5) is 11.4 Å². The molecule has 0 aromatic heterocycles. The van der Waals surface area contributed by atoms with Crippen molar-refractivity contribution in [1.82, 2.24) is 31.7 Å². The Kier molecular flexibility index (Phi) is 17.2. The summed E-state index contributed by atoms with van der Waals surface area (Å²) >= 11 is 21.0. The maximum atomic E-state index is 12.3. The van der Waals surface area contributed by atoms with Crippen molar-refractivity contribution in [3.05, 3.63) is 132 Å². The topological polar surface area (TPSA) is 129 Å². The number of nitrogens with one attached hydrogen (secondary N) is 4. The largest absolute Gasteiger partial charge is 0.277 e. The second-order valence-electron chi connectivity index (χ2n) is 11.3. The lowest BCUT2D eigenvalue weighted by Gasteiger charge is -2.25. The Hall–Kier alpha value is -5.68. The van der Waals surface area contributed by atoms with Crippen LogP contribution in [0, 0.1) is 0 Å². The molecule has 0 saturated heterocycles. The van der Waals surface area contributed by atoms with E-state index >= 15 is 0 Å². The molecule has 0 aliphatic rings. The molecule has 16 heteroatoms. The molecule has 4 N–H and O–H groups in total. The number of carbonyl (C=O) groups is 4. The Balaban J connectivity index is 0.000000290. The van der Waals surface area contributed by atoms with E-state index in [1.807, 2.05) is 121 Å². The first-order chi connectivity index (χ1) is 25.8. The summed E-state index contributed by atoms with van der Waals surface area (Å²) < 4.78 is 0. The third-order valence-electron chi connectivity index (χ3n) is 7.01. The molecule has 4 aromatic carbocycles. The van der Waals surface area contributed by atoms with Crippen molar-refractivity contribution in [2.45, 2.75) is 26.7 Å². The summed E-state index contributed by atoms with van der Waals surface area (Å²) in [6.07, 6.45) is -0.735. The van der Waals surface area contributed by atoms with Gasteiger partial charge in [0.05, 0.1) is 21.4 Å². The van der Waals surface area contributed by atoms with Crippen LogP contribution in [0.5, 0.6) is 0 Å². The molecular formula is C38H40N8O4S4. The predicted octanol–water partition coefficient (Wildman–Crippen LogP) is 5.20. The average molecular weight is 801 g/mol. The van der Waals surface area contributed by atoms with Gasteiger partial charge in [0.1, 0.15) is 22.8 Å². The zero-order chi connectivity index (χ0) is 39.6. The molecule has 0 unspecified atom stereocenters. The lowest BCUT2D eigenvalue weighted by molar-refractivity contribution is -0.133. The molecule has 0 aliphatic heterocycles. The molecule has 4 rings (SSSR count). The molecule has 280 valence electrons. The maximum absolute atomic E-state index is 12.3. The fourth-order valence-corrected chi connectivity index (χ4v) is 5.19. The normalized spacial score (nSPS) is 9.85. The molecule has 4 aromatic rings. The van der Waals surface area contributed by atoms with Gasteiger partial charge in [-0.1, -0.05) is 146 Å².